The van der Waals surface area contributed by atoms with Gasteiger partial charge in [-0.3, -0.25) is 14.8 Å². The first kappa shape index (κ1) is 12.7. The van der Waals surface area contributed by atoms with Crippen LogP contribution in [0.4, 0.5) is 5.69 Å². The van der Waals surface area contributed by atoms with Crippen molar-refractivity contribution in [2.24, 2.45) is 7.05 Å². The number of carbonyl (C=O) groups is 1. The maximum Gasteiger partial charge on any atom is 0.339 e. The number of benzene rings is 1. The number of aryl methyl sites for hydroxylation is 2. The number of hydrogen-bond donors (Lipinski definition) is 1. The molecule has 1 aromatic carbocycles. The van der Waals surface area contributed by atoms with Crippen molar-refractivity contribution >= 4 is 11.7 Å². The number of nitro benzene ring substituents is 1. The van der Waals surface area contributed by atoms with Crippen LogP contribution in [0.5, 0.6) is 0 Å². The first-order valence-electron chi connectivity index (χ1n) is 5.42. The van der Waals surface area contributed by atoms with Crippen molar-refractivity contribution in [1.82, 2.24) is 9.78 Å². The molecule has 2 aromatic rings. The fraction of sp³-hybridized carbons (Fsp3) is 0.167. The Morgan fingerprint density at radius 3 is 2.74 bits per heavy atom. The van der Waals surface area contributed by atoms with Crippen LogP contribution in [-0.4, -0.2) is 25.8 Å². The van der Waals surface area contributed by atoms with Gasteiger partial charge in [0.2, 0.25) is 0 Å². The predicted octanol–water partition coefficient (Wildman–Crippen LogP) is 2.00. The third-order valence-corrected chi connectivity index (χ3v) is 2.74. The van der Waals surface area contributed by atoms with Gasteiger partial charge in [-0.05, 0) is 6.92 Å². The molecule has 0 bridgehead atoms. The van der Waals surface area contributed by atoms with Crippen molar-refractivity contribution < 1.29 is 14.8 Å². The number of carboxylic acid groups (broad SMARTS) is 1. The largest absolute Gasteiger partial charge is 0.478 e. The fourth-order valence-electron chi connectivity index (χ4n) is 1.81. The monoisotopic (exact) mass is 261 g/mol. The molecular weight excluding hydrogens is 250 g/mol. The number of rotatable bonds is 3. The van der Waals surface area contributed by atoms with E-state index in [1.165, 1.54) is 16.9 Å². The van der Waals surface area contributed by atoms with Crippen molar-refractivity contribution in [2.75, 3.05) is 0 Å². The summed E-state index contributed by atoms with van der Waals surface area (Å²) in [5.74, 6) is -1.12. The van der Waals surface area contributed by atoms with E-state index >= 15 is 0 Å². The lowest BCUT2D eigenvalue weighted by molar-refractivity contribution is -0.385. The molecule has 0 radical (unpaired) electrons. The number of aromatic carboxylic acids is 1. The van der Waals surface area contributed by atoms with Crippen LogP contribution < -0.4 is 0 Å². The minimum absolute atomic E-state index is 0.0145. The molecule has 0 amide bonds. The molecule has 0 spiro atoms. The van der Waals surface area contributed by atoms with Crippen LogP contribution in [-0.2, 0) is 7.05 Å². The van der Waals surface area contributed by atoms with Crippen LogP contribution in [0, 0.1) is 17.0 Å². The van der Waals surface area contributed by atoms with Gasteiger partial charge in [0.15, 0.2) is 0 Å². The molecule has 0 saturated carbocycles. The number of nitro groups is 1. The lowest BCUT2D eigenvalue weighted by Gasteiger charge is -2.01. The summed E-state index contributed by atoms with van der Waals surface area (Å²) in [6.45, 7) is 1.62. The molecule has 0 fully saturated rings. The zero-order valence-corrected chi connectivity index (χ0v) is 10.3. The van der Waals surface area contributed by atoms with Crippen molar-refractivity contribution in [3.05, 3.63) is 45.6 Å². The van der Waals surface area contributed by atoms with E-state index in [1.54, 1.807) is 26.1 Å². The van der Waals surface area contributed by atoms with Crippen LogP contribution in [0.25, 0.3) is 11.3 Å². The summed E-state index contributed by atoms with van der Waals surface area (Å²) in [4.78, 5) is 21.5. The maximum atomic E-state index is 11.1. The van der Waals surface area contributed by atoms with E-state index in [1.807, 2.05) is 0 Å². The predicted molar refractivity (Wildman–Crippen MR) is 67.0 cm³/mol. The van der Waals surface area contributed by atoms with Gasteiger partial charge in [-0.25, -0.2) is 4.79 Å². The van der Waals surface area contributed by atoms with Gasteiger partial charge >= 0.3 is 5.97 Å². The molecule has 7 nitrogen and oxygen atoms in total. The Balaban J connectivity index is 2.62. The van der Waals surface area contributed by atoms with E-state index in [0.717, 1.165) is 0 Å². The molecule has 1 N–H and O–H groups in total. The number of aromatic nitrogens is 2. The van der Waals surface area contributed by atoms with E-state index in [0.29, 0.717) is 11.1 Å². The molecule has 19 heavy (non-hydrogen) atoms. The number of hydrogen-bond acceptors (Lipinski definition) is 4. The summed E-state index contributed by atoms with van der Waals surface area (Å²) < 4.78 is 1.37. The van der Waals surface area contributed by atoms with E-state index in [9.17, 15) is 14.9 Å². The summed E-state index contributed by atoms with van der Waals surface area (Å²) in [5, 5.41) is 24.0. The molecule has 7 heteroatoms. The smallest absolute Gasteiger partial charge is 0.339 e. The van der Waals surface area contributed by atoms with Crippen molar-refractivity contribution in [3.8, 4) is 11.3 Å². The highest BCUT2D eigenvalue weighted by Crippen LogP contribution is 2.28. The average molecular weight is 261 g/mol. The Morgan fingerprint density at radius 2 is 2.16 bits per heavy atom. The van der Waals surface area contributed by atoms with Crippen LogP contribution in [0.1, 0.15) is 15.9 Å². The lowest BCUT2D eigenvalue weighted by Crippen LogP contribution is -1.98. The summed E-state index contributed by atoms with van der Waals surface area (Å²) >= 11 is 0. The first-order valence-corrected chi connectivity index (χ1v) is 5.42. The molecule has 1 heterocycles. The summed E-state index contributed by atoms with van der Waals surface area (Å²) in [6.07, 6.45) is 1.36. The van der Waals surface area contributed by atoms with E-state index < -0.39 is 10.9 Å². The maximum absolute atomic E-state index is 11.1. The highest BCUT2D eigenvalue weighted by molar-refractivity contribution is 5.94. The van der Waals surface area contributed by atoms with Crippen molar-refractivity contribution in [2.45, 2.75) is 6.92 Å². The Morgan fingerprint density at radius 1 is 1.47 bits per heavy atom. The normalized spacial score (nSPS) is 10.4. The molecule has 98 valence electrons. The van der Waals surface area contributed by atoms with Gasteiger partial charge < -0.3 is 5.11 Å². The van der Waals surface area contributed by atoms with E-state index in [4.69, 9.17) is 5.11 Å². The van der Waals surface area contributed by atoms with Crippen LogP contribution in [0.3, 0.4) is 0 Å². The SMILES string of the molecule is Cc1ccc(-c2nn(C)cc2C(=O)O)cc1[N+](=O)[O-]. The van der Waals surface area contributed by atoms with Gasteiger partial charge in [-0.2, -0.15) is 5.10 Å². The standard InChI is InChI=1S/C12H11N3O4/c1-7-3-4-8(5-10(7)15(18)19)11-9(12(16)17)6-14(2)13-11/h3-6H,1-2H3,(H,16,17). The average Bonchev–Trinajstić information content (AvgIpc) is 2.71. The van der Waals surface area contributed by atoms with Crippen LogP contribution in [0.2, 0.25) is 0 Å². The second-order valence-corrected chi connectivity index (χ2v) is 4.13. The second-order valence-electron chi connectivity index (χ2n) is 4.13. The summed E-state index contributed by atoms with van der Waals surface area (Å²) in [6, 6.07) is 4.54. The molecule has 2 rings (SSSR count). The third kappa shape index (κ3) is 2.30. The van der Waals surface area contributed by atoms with Crippen molar-refractivity contribution in [1.29, 1.82) is 0 Å². The van der Waals surface area contributed by atoms with Crippen molar-refractivity contribution in [3.63, 3.8) is 0 Å². The number of nitrogens with zero attached hydrogens (tertiary/aromatic N) is 3. The summed E-state index contributed by atoms with van der Waals surface area (Å²) in [5.41, 5.74) is 1.11. The Labute approximate surface area is 108 Å². The highest BCUT2D eigenvalue weighted by Gasteiger charge is 2.19. The van der Waals surface area contributed by atoms with Gasteiger partial charge in [0.1, 0.15) is 11.3 Å². The third-order valence-electron chi connectivity index (χ3n) is 2.74. The van der Waals surface area contributed by atoms with Crippen LogP contribution in [0.15, 0.2) is 24.4 Å². The highest BCUT2D eigenvalue weighted by atomic mass is 16.6. The number of carboxylic acids is 1. The summed E-state index contributed by atoms with van der Waals surface area (Å²) in [7, 11) is 1.60. The van der Waals surface area contributed by atoms with Gasteiger partial charge in [0.05, 0.1) is 4.92 Å². The van der Waals surface area contributed by atoms with Crippen LogP contribution >= 0.6 is 0 Å². The minimum Gasteiger partial charge on any atom is -0.478 e. The molecule has 0 saturated heterocycles. The lowest BCUT2D eigenvalue weighted by atomic mass is 10.0. The molecule has 1 aromatic heterocycles. The van der Waals surface area contributed by atoms with Gasteiger partial charge in [-0.15, -0.1) is 0 Å². The zero-order chi connectivity index (χ0) is 14.2. The van der Waals surface area contributed by atoms with E-state index in [2.05, 4.69) is 5.10 Å². The second kappa shape index (κ2) is 4.52. The van der Waals surface area contributed by atoms with Gasteiger partial charge in [-0.1, -0.05) is 12.1 Å². The Kier molecular flexibility index (Phi) is 3.04. The molecule has 0 aliphatic heterocycles. The molecular formula is C12H11N3O4. The van der Waals surface area contributed by atoms with Gasteiger partial charge in [0, 0.05) is 30.4 Å². The molecule has 0 unspecified atom stereocenters. The Bertz CT molecular complexity index is 676. The van der Waals surface area contributed by atoms with E-state index in [-0.39, 0.29) is 16.9 Å². The quantitative estimate of drug-likeness (QED) is 0.673. The molecule has 0 atom stereocenters. The topological polar surface area (TPSA) is 98.3 Å². The molecule has 0 aliphatic rings. The molecule has 0 aliphatic carbocycles. The Hall–Kier alpha value is -2.70. The first-order chi connectivity index (χ1) is 8.90. The fourth-order valence-corrected chi connectivity index (χ4v) is 1.81. The van der Waals surface area contributed by atoms with Gasteiger partial charge in [0.25, 0.3) is 5.69 Å². The zero-order valence-electron chi connectivity index (χ0n) is 10.3. The minimum atomic E-state index is -1.12.